The molecule has 0 aliphatic carbocycles. The van der Waals surface area contributed by atoms with Crippen LogP contribution in [0.5, 0.6) is 5.75 Å². The zero-order valence-electron chi connectivity index (χ0n) is 6.60. The van der Waals surface area contributed by atoms with E-state index in [1.165, 1.54) is 0 Å². The van der Waals surface area contributed by atoms with Crippen LogP contribution in [0.25, 0.3) is 0 Å². The molecule has 12 heavy (non-hydrogen) atoms. The Hall–Kier alpha value is -1.06. The van der Waals surface area contributed by atoms with Crippen molar-refractivity contribution in [2.45, 2.75) is 12.1 Å². The van der Waals surface area contributed by atoms with Crippen LogP contribution in [0.15, 0.2) is 24.3 Å². The summed E-state index contributed by atoms with van der Waals surface area (Å²) >= 11 is 0. The molecule has 0 saturated carbocycles. The lowest BCUT2D eigenvalue weighted by Crippen LogP contribution is -2.35. The van der Waals surface area contributed by atoms with Crippen molar-refractivity contribution in [3.63, 3.8) is 0 Å². The first-order valence-electron chi connectivity index (χ1n) is 3.94. The molecule has 1 aromatic rings. The summed E-state index contributed by atoms with van der Waals surface area (Å²) in [7, 11) is 0. The quantitative estimate of drug-likeness (QED) is 0.586. The third-order valence-electron chi connectivity index (χ3n) is 2.10. The third kappa shape index (κ3) is 1.07. The topological polar surface area (TPSA) is 55.5 Å². The summed E-state index contributed by atoms with van der Waals surface area (Å²) in [5, 5.41) is 9.37. The third-order valence-corrected chi connectivity index (χ3v) is 2.10. The van der Waals surface area contributed by atoms with Crippen molar-refractivity contribution in [3.8, 4) is 5.75 Å². The zero-order chi connectivity index (χ0) is 8.55. The van der Waals surface area contributed by atoms with E-state index in [-0.39, 0.29) is 12.6 Å². The van der Waals surface area contributed by atoms with E-state index in [1.807, 2.05) is 24.3 Å². The van der Waals surface area contributed by atoms with Gasteiger partial charge >= 0.3 is 0 Å². The molecular weight excluding hydrogens is 154 g/mol. The first-order chi connectivity index (χ1) is 5.79. The van der Waals surface area contributed by atoms with E-state index in [4.69, 9.17) is 10.5 Å². The number of ether oxygens (including phenoxy) is 1. The minimum atomic E-state index is -0.583. The highest BCUT2D eigenvalue weighted by Gasteiger charge is 2.25. The van der Waals surface area contributed by atoms with E-state index >= 15 is 0 Å². The number of para-hydroxylation sites is 1. The second-order valence-electron chi connectivity index (χ2n) is 2.94. The van der Waals surface area contributed by atoms with E-state index in [0.29, 0.717) is 0 Å². The van der Waals surface area contributed by atoms with Gasteiger partial charge in [-0.25, -0.2) is 0 Å². The molecule has 0 bridgehead atoms. The molecule has 3 heteroatoms. The van der Waals surface area contributed by atoms with E-state index in [9.17, 15) is 5.11 Å². The van der Waals surface area contributed by atoms with Crippen molar-refractivity contribution in [1.82, 2.24) is 0 Å². The molecule has 2 rings (SSSR count). The molecule has 2 atom stereocenters. The van der Waals surface area contributed by atoms with Gasteiger partial charge in [-0.2, -0.15) is 0 Å². The fourth-order valence-electron chi connectivity index (χ4n) is 1.37. The molecule has 3 nitrogen and oxygen atoms in total. The predicted molar refractivity (Wildman–Crippen MR) is 44.9 cm³/mol. The average Bonchev–Trinajstić information content (AvgIpc) is 2.12. The van der Waals surface area contributed by atoms with Gasteiger partial charge in [-0.05, 0) is 6.07 Å². The molecular formula is C9H11NO2. The zero-order valence-corrected chi connectivity index (χ0v) is 6.60. The molecule has 0 aromatic heterocycles. The smallest absolute Gasteiger partial charge is 0.124 e. The van der Waals surface area contributed by atoms with Gasteiger partial charge in [0.2, 0.25) is 0 Å². The SMILES string of the molecule is NC1c2ccccc2OCC1O. The van der Waals surface area contributed by atoms with Crippen molar-refractivity contribution < 1.29 is 9.84 Å². The Labute approximate surface area is 70.8 Å². The van der Waals surface area contributed by atoms with Crippen molar-refractivity contribution >= 4 is 0 Å². The summed E-state index contributed by atoms with van der Waals surface area (Å²) in [4.78, 5) is 0. The van der Waals surface area contributed by atoms with Crippen molar-refractivity contribution in [1.29, 1.82) is 0 Å². The molecule has 1 aromatic carbocycles. The first kappa shape index (κ1) is 7.58. The van der Waals surface area contributed by atoms with Crippen LogP contribution in [0.2, 0.25) is 0 Å². The van der Waals surface area contributed by atoms with E-state index in [1.54, 1.807) is 0 Å². The number of aliphatic hydroxyl groups is 1. The summed E-state index contributed by atoms with van der Waals surface area (Å²) < 4.78 is 5.28. The van der Waals surface area contributed by atoms with Crippen LogP contribution >= 0.6 is 0 Å². The largest absolute Gasteiger partial charge is 0.490 e. The van der Waals surface area contributed by atoms with Crippen LogP contribution in [-0.4, -0.2) is 17.8 Å². The van der Waals surface area contributed by atoms with Crippen LogP contribution < -0.4 is 10.5 Å². The molecule has 1 aliphatic heterocycles. The van der Waals surface area contributed by atoms with Gasteiger partial charge in [0.15, 0.2) is 0 Å². The van der Waals surface area contributed by atoms with Crippen LogP contribution in [0, 0.1) is 0 Å². The normalized spacial score (nSPS) is 27.5. The van der Waals surface area contributed by atoms with E-state index < -0.39 is 6.10 Å². The Morgan fingerprint density at radius 1 is 1.42 bits per heavy atom. The second kappa shape index (κ2) is 2.77. The molecule has 2 unspecified atom stereocenters. The van der Waals surface area contributed by atoms with Gasteiger partial charge in [-0.15, -0.1) is 0 Å². The number of hydrogen-bond acceptors (Lipinski definition) is 3. The highest BCUT2D eigenvalue weighted by Crippen LogP contribution is 2.29. The Balaban J connectivity index is 2.42. The van der Waals surface area contributed by atoms with Gasteiger partial charge < -0.3 is 15.6 Å². The fourth-order valence-corrected chi connectivity index (χ4v) is 1.37. The standard InChI is InChI=1S/C9H11NO2/c10-9-6-3-1-2-4-8(6)12-5-7(9)11/h1-4,7,9,11H,5,10H2. The molecule has 0 amide bonds. The number of aliphatic hydroxyl groups excluding tert-OH is 1. The molecule has 64 valence electrons. The predicted octanol–water partition coefficient (Wildman–Crippen LogP) is 0.440. The highest BCUT2D eigenvalue weighted by atomic mass is 16.5. The van der Waals surface area contributed by atoms with Gasteiger partial charge in [-0.3, -0.25) is 0 Å². The van der Waals surface area contributed by atoms with E-state index in [0.717, 1.165) is 11.3 Å². The van der Waals surface area contributed by atoms with Gasteiger partial charge in [-0.1, -0.05) is 18.2 Å². The summed E-state index contributed by atoms with van der Waals surface area (Å²) in [6.07, 6.45) is -0.583. The molecule has 1 aliphatic rings. The number of hydrogen-bond donors (Lipinski definition) is 2. The maximum Gasteiger partial charge on any atom is 0.124 e. The van der Waals surface area contributed by atoms with Crippen molar-refractivity contribution in [3.05, 3.63) is 29.8 Å². The molecule has 0 fully saturated rings. The number of fused-ring (bicyclic) bond motifs is 1. The first-order valence-corrected chi connectivity index (χ1v) is 3.94. The molecule has 3 N–H and O–H groups in total. The monoisotopic (exact) mass is 165 g/mol. The summed E-state index contributed by atoms with van der Waals surface area (Å²) in [5.41, 5.74) is 6.65. The van der Waals surface area contributed by atoms with Gasteiger partial charge in [0.25, 0.3) is 0 Å². The van der Waals surface area contributed by atoms with Gasteiger partial charge in [0.1, 0.15) is 18.5 Å². The average molecular weight is 165 g/mol. The summed E-state index contributed by atoms with van der Waals surface area (Å²) in [6.45, 7) is 0.290. The Bertz CT molecular complexity index is 288. The Morgan fingerprint density at radius 2 is 2.17 bits per heavy atom. The fraction of sp³-hybridized carbons (Fsp3) is 0.333. The lowest BCUT2D eigenvalue weighted by Gasteiger charge is -2.27. The van der Waals surface area contributed by atoms with Crippen LogP contribution in [0.3, 0.4) is 0 Å². The van der Waals surface area contributed by atoms with Gasteiger partial charge in [0, 0.05) is 5.56 Å². The Kier molecular flexibility index (Phi) is 1.75. The van der Waals surface area contributed by atoms with Crippen molar-refractivity contribution in [2.75, 3.05) is 6.61 Å². The maximum absolute atomic E-state index is 9.37. The minimum absolute atomic E-state index is 0.290. The lowest BCUT2D eigenvalue weighted by molar-refractivity contribution is 0.0679. The molecule has 0 spiro atoms. The van der Waals surface area contributed by atoms with Crippen molar-refractivity contribution in [2.24, 2.45) is 5.73 Å². The Morgan fingerprint density at radius 3 is 3.00 bits per heavy atom. The maximum atomic E-state index is 9.37. The number of nitrogens with two attached hydrogens (primary N) is 1. The van der Waals surface area contributed by atoms with Gasteiger partial charge in [0.05, 0.1) is 6.04 Å². The minimum Gasteiger partial charge on any atom is -0.490 e. The lowest BCUT2D eigenvalue weighted by atomic mass is 9.99. The van der Waals surface area contributed by atoms with E-state index in [2.05, 4.69) is 0 Å². The van der Waals surface area contributed by atoms with Crippen LogP contribution in [0.4, 0.5) is 0 Å². The second-order valence-corrected chi connectivity index (χ2v) is 2.94. The number of benzene rings is 1. The van der Waals surface area contributed by atoms with Crippen LogP contribution in [-0.2, 0) is 0 Å². The summed E-state index contributed by atoms with van der Waals surface area (Å²) in [5.74, 6) is 0.787. The van der Waals surface area contributed by atoms with Crippen LogP contribution in [0.1, 0.15) is 11.6 Å². The number of rotatable bonds is 0. The highest BCUT2D eigenvalue weighted by molar-refractivity contribution is 5.37. The molecule has 0 saturated heterocycles. The molecule has 0 radical (unpaired) electrons. The summed E-state index contributed by atoms with van der Waals surface area (Å²) in [6, 6.07) is 7.21. The molecule has 1 heterocycles.